The summed E-state index contributed by atoms with van der Waals surface area (Å²) in [7, 11) is 4.07. The lowest BCUT2D eigenvalue weighted by Gasteiger charge is -2.29. The fourth-order valence-electron chi connectivity index (χ4n) is 3.34. The molecule has 8 nitrogen and oxygen atoms in total. The number of piperidine rings is 1. The Hall–Kier alpha value is -2.48. The van der Waals surface area contributed by atoms with Crippen LogP contribution in [0.4, 0.5) is 11.6 Å². The third kappa shape index (κ3) is 3.09. The summed E-state index contributed by atoms with van der Waals surface area (Å²) in [6.07, 6.45) is 9.80. The molecule has 0 aliphatic carbocycles. The maximum atomic E-state index is 4.65. The van der Waals surface area contributed by atoms with E-state index in [0.29, 0.717) is 11.9 Å². The van der Waals surface area contributed by atoms with Gasteiger partial charge < -0.3 is 10.2 Å². The first kappa shape index (κ1) is 15.1. The summed E-state index contributed by atoms with van der Waals surface area (Å²) in [5.41, 5.74) is 1.75. The number of nitrogens with zero attached hydrogens (tertiary/aromatic N) is 7. The molecule has 3 aromatic rings. The van der Waals surface area contributed by atoms with E-state index < -0.39 is 0 Å². The molecule has 0 saturated carbocycles. The van der Waals surface area contributed by atoms with Crippen LogP contribution in [-0.4, -0.2) is 54.6 Å². The number of hydrogen-bond acceptors (Lipinski definition) is 6. The van der Waals surface area contributed by atoms with E-state index in [0.717, 1.165) is 29.8 Å². The average molecular weight is 326 g/mol. The molecule has 0 amide bonds. The zero-order valence-electron chi connectivity index (χ0n) is 14.1. The Kier molecular flexibility index (Phi) is 3.89. The van der Waals surface area contributed by atoms with Crippen LogP contribution in [-0.2, 0) is 13.6 Å². The molecule has 8 heteroatoms. The summed E-state index contributed by atoms with van der Waals surface area (Å²) in [4.78, 5) is 11.4. The second kappa shape index (κ2) is 6.20. The van der Waals surface area contributed by atoms with E-state index in [2.05, 4.69) is 37.4 Å². The van der Waals surface area contributed by atoms with Gasteiger partial charge in [-0.3, -0.25) is 4.68 Å². The maximum Gasteiger partial charge on any atom is 0.229 e. The first-order chi connectivity index (χ1) is 11.7. The van der Waals surface area contributed by atoms with Crippen molar-refractivity contribution in [3.63, 3.8) is 0 Å². The van der Waals surface area contributed by atoms with Gasteiger partial charge in [-0.25, -0.2) is 9.67 Å². The molecule has 4 heterocycles. The van der Waals surface area contributed by atoms with Crippen LogP contribution < -0.4 is 5.32 Å². The molecular formula is C16H22N8. The second-order valence-electron chi connectivity index (χ2n) is 6.60. The Balaban J connectivity index is 1.56. The molecule has 0 aromatic carbocycles. The summed E-state index contributed by atoms with van der Waals surface area (Å²) >= 11 is 0. The van der Waals surface area contributed by atoms with E-state index in [1.54, 1.807) is 10.9 Å². The molecule has 1 aliphatic heterocycles. The minimum atomic E-state index is 0.568. The van der Waals surface area contributed by atoms with Gasteiger partial charge >= 0.3 is 0 Å². The minimum absolute atomic E-state index is 0.568. The molecule has 1 fully saturated rings. The third-order valence-corrected chi connectivity index (χ3v) is 4.49. The van der Waals surface area contributed by atoms with Gasteiger partial charge in [0.25, 0.3) is 0 Å². The van der Waals surface area contributed by atoms with Crippen LogP contribution in [0.3, 0.4) is 0 Å². The van der Waals surface area contributed by atoms with Crippen LogP contribution in [0.1, 0.15) is 12.8 Å². The van der Waals surface area contributed by atoms with Crippen LogP contribution in [0.25, 0.3) is 11.0 Å². The molecule has 126 valence electrons. The first-order valence-electron chi connectivity index (χ1n) is 8.30. The quantitative estimate of drug-likeness (QED) is 0.785. The van der Waals surface area contributed by atoms with Crippen molar-refractivity contribution in [1.82, 2.24) is 34.4 Å². The molecule has 0 bridgehead atoms. The molecule has 4 rings (SSSR count). The molecule has 0 radical (unpaired) electrons. The van der Waals surface area contributed by atoms with Crippen molar-refractivity contribution < 1.29 is 0 Å². The van der Waals surface area contributed by atoms with E-state index in [9.17, 15) is 0 Å². The maximum absolute atomic E-state index is 4.65. The largest absolute Gasteiger partial charge is 0.321 e. The number of aryl methyl sites for hydroxylation is 1. The van der Waals surface area contributed by atoms with Gasteiger partial charge in [-0.1, -0.05) is 0 Å². The SMILES string of the molecule is CN1CCCC(Cn2ncc3cnc(Nc4cnn(C)c4)nc32)C1. The zero-order chi connectivity index (χ0) is 16.5. The summed E-state index contributed by atoms with van der Waals surface area (Å²) in [5.74, 6) is 1.19. The van der Waals surface area contributed by atoms with E-state index in [1.165, 1.54) is 19.4 Å². The topological polar surface area (TPSA) is 76.7 Å². The number of likely N-dealkylation sites (tertiary alicyclic amines) is 1. The third-order valence-electron chi connectivity index (χ3n) is 4.49. The predicted molar refractivity (Wildman–Crippen MR) is 92.0 cm³/mol. The number of rotatable bonds is 4. The van der Waals surface area contributed by atoms with Crippen molar-refractivity contribution >= 4 is 22.7 Å². The van der Waals surface area contributed by atoms with Gasteiger partial charge in [-0.2, -0.15) is 15.2 Å². The average Bonchev–Trinajstić information content (AvgIpc) is 3.14. The van der Waals surface area contributed by atoms with Crippen LogP contribution in [0, 0.1) is 5.92 Å². The zero-order valence-corrected chi connectivity index (χ0v) is 14.1. The summed E-state index contributed by atoms with van der Waals surface area (Å²) < 4.78 is 3.75. The predicted octanol–water partition coefficient (Wildman–Crippen LogP) is 1.65. The van der Waals surface area contributed by atoms with Gasteiger partial charge in [0.1, 0.15) is 0 Å². The highest BCUT2D eigenvalue weighted by molar-refractivity contribution is 5.75. The highest BCUT2D eigenvalue weighted by atomic mass is 15.3. The van der Waals surface area contributed by atoms with Crippen molar-refractivity contribution in [2.75, 3.05) is 25.5 Å². The molecule has 1 N–H and O–H groups in total. The van der Waals surface area contributed by atoms with Gasteiger partial charge in [0.2, 0.25) is 5.95 Å². The number of anilines is 2. The molecule has 1 unspecified atom stereocenters. The van der Waals surface area contributed by atoms with E-state index >= 15 is 0 Å². The number of aromatic nitrogens is 6. The molecular weight excluding hydrogens is 304 g/mol. The van der Waals surface area contributed by atoms with Crippen LogP contribution in [0.15, 0.2) is 24.8 Å². The first-order valence-corrected chi connectivity index (χ1v) is 8.30. The highest BCUT2D eigenvalue weighted by Crippen LogP contribution is 2.20. The Morgan fingerprint density at radius 1 is 1.21 bits per heavy atom. The van der Waals surface area contributed by atoms with E-state index in [4.69, 9.17) is 0 Å². The monoisotopic (exact) mass is 326 g/mol. The van der Waals surface area contributed by atoms with Crippen molar-refractivity contribution in [1.29, 1.82) is 0 Å². The lowest BCUT2D eigenvalue weighted by atomic mass is 9.99. The van der Waals surface area contributed by atoms with Crippen LogP contribution >= 0.6 is 0 Å². The number of nitrogens with one attached hydrogen (secondary N) is 1. The summed E-state index contributed by atoms with van der Waals surface area (Å²) in [6.45, 7) is 3.21. The van der Waals surface area contributed by atoms with Gasteiger partial charge in [0, 0.05) is 32.5 Å². The Morgan fingerprint density at radius 3 is 2.92 bits per heavy atom. The van der Waals surface area contributed by atoms with Crippen molar-refractivity contribution in [2.45, 2.75) is 19.4 Å². The fourth-order valence-corrected chi connectivity index (χ4v) is 3.34. The number of hydrogen-bond donors (Lipinski definition) is 1. The van der Waals surface area contributed by atoms with Crippen LogP contribution in [0.5, 0.6) is 0 Å². The lowest BCUT2D eigenvalue weighted by molar-refractivity contribution is 0.192. The summed E-state index contributed by atoms with van der Waals surface area (Å²) in [6, 6.07) is 0. The summed E-state index contributed by atoms with van der Waals surface area (Å²) in [5, 5.41) is 12.8. The van der Waals surface area contributed by atoms with Gasteiger partial charge in [-0.15, -0.1) is 0 Å². The normalized spacial score (nSPS) is 19.0. The van der Waals surface area contributed by atoms with Crippen LogP contribution in [0.2, 0.25) is 0 Å². The molecule has 0 spiro atoms. The number of fused-ring (bicyclic) bond motifs is 1. The Labute approximate surface area is 140 Å². The van der Waals surface area contributed by atoms with Gasteiger partial charge in [-0.05, 0) is 32.4 Å². The molecule has 24 heavy (non-hydrogen) atoms. The standard InChI is InChI=1S/C16H22N8/c1-22-5-3-4-12(9-22)10-24-15-13(7-19-24)6-17-16(21-15)20-14-8-18-23(2)11-14/h6-8,11-12H,3-5,9-10H2,1-2H3,(H,17,20,21). The second-order valence-corrected chi connectivity index (χ2v) is 6.60. The van der Waals surface area contributed by atoms with Crippen molar-refractivity contribution in [3.8, 4) is 0 Å². The fraction of sp³-hybridized carbons (Fsp3) is 0.500. The smallest absolute Gasteiger partial charge is 0.229 e. The van der Waals surface area contributed by atoms with Gasteiger partial charge in [0.15, 0.2) is 5.65 Å². The van der Waals surface area contributed by atoms with E-state index in [1.807, 2.05) is 30.3 Å². The molecule has 1 aliphatic rings. The lowest BCUT2D eigenvalue weighted by Crippen LogP contribution is -2.34. The van der Waals surface area contributed by atoms with Crippen molar-refractivity contribution in [2.24, 2.45) is 13.0 Å². The highest BCUT2D eigenvalue weighted by Gasteiger charge is 2.19. The molecule has 1 saturated heterocycles. The molecule has 1 atom stereocenters. The Morgan fingerprint density at radius 2 is 2.12 bits per heavy atom. The molecule has 3 aromatic heterocycles. The minimum Gasteiger partial charge on any atom is -0.321 e. The van der Waals surface area contributed by atoms with Gasteiger partial charge in [0.05, 0.1) is 23.5 Å². The Bertz CT molecular complexity index is 836. The van der Waals surface area contributed by atoms with Crippen molar-refractivity contribution in [3.05, 3.63) is 24.8 Å². The van der Waals surface area contributed by atoms with E-state index in [-0.39, 0.29) is 0 Å².